The second-order valence-corrected chi connectivity index (χ2v) is 3.33. The summed E-state index contributed by atoms with van der Waals surface area (Å²) in [6.07, 6.45) is 0.650. The molecule has 0 aliphatic carbocycles. The van der Waals surface area contributed by atoms with Gasteiger partial charge in [-0.05, 0) is 46.7 Å². The molecule has 10 heavy (non-hydrogen) atoms. The van der Waals surface area contributed by atoms with Crippen LogP contribution < -0.4 is 0 Å². The Morgan fingerprint density at radius 2 is 2.20 bits per heavy atom. The van der Waals surface area contributed by atoms with Crippen LogP contribution in [0.2, 0.25) is 0 Å². The largest absolute Gasteiger partial charge is 0.236 e. The van der Waals surface area contributed by atoms with Crippen molar-refractivity contribution in [1.29, 1.82) is 0 Å². The molecule has 0 spiro atoms. The van der Waals surface area contributed by atoms with Gasteiger partial charge in [0.1, 0.15) is 0 Å². The van der Waals surface area contributed by atoms with Crippen LogP contribution in [-0.4, -0.2) is 6.61 Å². The number of benzene rings is 1. The fourth-order valence-corrected chi connectivity index (χ4v) is 1.42. The van der Waals surface area contributed by atoms with E-state index >= 15 is 0 Å². The first-order chi connectivity index (χ1) is 4.83. The molecule has 0 saturated heterocycles. The van der Waals surface area contributed by atoms with Crippen LogP contribution in [0.1, 0.15) is 5.56 Å². The van der Waals surface area contributed by atoms with Crippen LogP contribution in [-0.2, 0) is 11.5 Å². The topological polar surface area (TPSA) is 19.9 Å². The molecule has 0 aliphatic heterocycles. The molecule has 0 N–H and O–H groups in total. The summed E-state index contributed by atoms with van der Waals surface area (Å²) in [5.74, 6) is 0. The maximum atomic E-state index is 10.2. The van der Waals surface area contributed by atoms with Crippen molar-refractivity contribution < 1.29 is 5.11 Å². The Labute approximate surface area is 74.2 Å². The zero-order valence-corrected chi connectivity index (χ0v) is 7.67. The monoisotopic (exact) mass is 247 g/mol. The number of rotatable bonds is 2. The summed E-state index contributed by atoms with van der Waals surface area (Å²) >= 11 is 2.24. The van der Waals surface area contributed by atoms with Gasteiger partial charge in [0.25, 0.3) is 0 Å². The van der Waals surface area contributed by atoms with Gasteiger partial charge in [0.15, 0.2) is 0 Å². The first kappa shape index (κ1) is 8.01. The molecule has 0 aliphatic rings. The van der Waals surface area contributed by atoms with E-state index in [1.807, 2.05) is 24.3 Å². The van der Waals surface area contributed by atoms with Gasteiger partial charge in [-0.3, -0.25) is 0 Å². The predicted octanol–water partition coefficient (Wildman–Crippen LogP) is 2.26. The van der Waals surface area contributed by atoms with Crippen LogP contribution >= 0.6 is 22.6 Å². The molecular formula is C8H8IO. The van der Waals surface area contributed by atoms with E-state index in [0.717, 1.165) is 5.56 Å². The SMILES string of the molecule is [O]CCc1cccc(I)c1. The molecule has 1 radical (unpaired) electrons. The first-order valence-corrected chi connectivity index (χ1v) is 4.23. The van der Waals surface area contributed by atoms with E-state index in [0.29, 0.717) is 6.42 Å². The summed E-state index contributed by atoms with van der Waals surface area (Å²) in [6, 6.07) is 8.03. The molecule has 1 aromatic carbocycles. The summed E-state index contributed by atoms with van der Waals surface area (Å²) in [5, 5.41) is 10.2. The van der Waals surface area contributed by atoms with Crippen molar-refractivity contribution >= 4 is 22.6 Å². The van der Waals surface area contributed by atoms with Crippen molar-refractivity contribution in [2.75, 3.05) is 6.61 Å². The van der Waals surface area contributed by atoms with Crippen molar-refractivity contribution in [2.45, 2.75) is 6.42 Å². The van der Waals surface area contributed by atoms with Crippen molar-refractivity contribution in [3.63, 3.8) is 0 Å². The maximum absolute atomic E-state index is 10.2. The highest BCUT2D eigenvalue weighted by Gasteiger charge is 1.91. The lowest BCUT2D eigenvalue weighted by Crippen LogP contribution is -1.88. The van der Waals surface area contributed by atoms with Gasteiger partial charge in [0.2, 0.25) is 0 Å². The highest BCUT2D eigenvalue weighted by Crippen LogP contribution is 2.07. The van der Waals surface area contributed by atoms with E-state index < -0.39 is 0 Å². The lowest BCUT2D eigenvalue weighted by molar-refractivity contribution is 0.197. The lowest BCUT2D eigenvalue weighted by Gasteiger charge is -1.95. The van der Waals surface area contributed by atoms with E-state index in [9.17, 15) is 5.11 Å². The third-order valence-corrected chi connectivity index (χ3v) is 1.95. The molecule has 0 amide bonds. The van der Waals surface area contributed by atoms with E-state index in [4.69, 9.17) is 0 Å². The van der Waals surface area contributed by atoms with Crippen LogP contribution in [0.3, 0.4) is 0 Å². The molecule has 2 heteroatoms. The Kier molecular flexibility index (Phi) is 3.15. The van der Waals surface area contributed by atoms with Gasteiger partial charge in [-0.1, -0.05) is 12.1 Å². The summed E-state index contributed by atoms with van der Waals surface area (Å²) in [5.41, 5.74) is 1.14. The zero-order chi connectivity index (χ0) is 7.40. The van der Waals surface area contributed by atoms with Gasteiger partial charge >= 0.3 is 0 Å². The summed E-state index contributed by atoms with van der Waals surface area (Å²) in [4.78, 5) is 0. The smallest absolute Gasteiger partial charge is 0.0862 e. The van der Waals surface area contributed by atoms with Crippen molar-refractivity contribution in [1.82, 2.24) is 0 Å². The molecule has 0 unspecified atom stereocenters. The molecule has 0 bridgehead atoms. The molecule has 1 nitrogen and oxygen atoms in total. The first-order valence-electron chi connectivity index (χ1n) is 3.15. The summed E-state index contributed by atoms with van der Waals surface area (Å²) in [6.45, 7) is -0.0138. The minimum Gasteiger partial charge on any atom is -0.236 e. The second kappa shape index (κ2) is 3.93. The molecule has 1 rings (SSSR count). The standard InChI is InChI=1S/C8H8IO/c9-8-3-1-2-7(6-8)4-5-10/h1-3,6H,4-5H2. The van der Waals surface area contributed by atoms with Gasteiger partial charge in [-0.15, -0.1) is 0 Å². The van der Waals surface area contributed by atoms with Crippen molar-refractivity contribution in [3.05, 3.63) is 33.4 Å². The fourth-order valence-electron chi connectivity index (χ4n) is 0.810. The second-order valence-electron chi connectivity index (χ2n) is 2.08. The van der Waals surface area contributed by atoms with Crippen LogP contribution in [0.15, 0.2) is 24.3 Å². The van der Waals surface area contributed by atoms with Gasteiger partial charge in [-0.25, -0.2) is 5.11 Å². The average Bonchev–Trinajstić information content (AvgIpc) is 1.88. The molecule has 0 saturated carbocycles. The van der Waals surface area contributed by atoms with E-state index in [-0.39, 0.29) is 6.61 Å². The Hall–Kier alpha value is -0.0900. The lowest BCUT2D eigenvalue weighted by atomic mass is 10.2. The van der Waals surface area contributed by atoms with E-state index in [1.165, 1.54) is 3.57 Å². The van der Waals surface area contributed by atoms with Gasteiger partial charge < -0.3 is 0 Å². The Bertz CT molecular complexity index is 210. The van der Waals surface area contributed by atoms with Crippen LogP contribution in [0.5, 0.6) is 0 Å². The quantitative estimate of drug-likeness (QED) is 0.714. The normalized spacial score (nSPS) is 9.80. The molecule has 0 fully saturated rings. The molecule has 0 aromatic heterocycles. The van der Waals surface area contributed by atoms with Crippen LogP contribution in [0.4, 0.5) is 0 Å². The third-order valence-electron chi connectivity index (χ3n) is 1.28. The summed E-state index contributed by atoms with van der Waals surface area (Å²) in [7, 11) is 0. The molecule has 0 atom stereocenters. The third kappa shape index (κ3) is 2.27. The number of hydrogen-bond donors (Lipinski definition) is 0. The maximum Gasteiger partial charge on any atom is 0.0862 e. The van der Waals surface area contributed by atoms with Crippen LogP contribution in [0.25, 0.3) is 0 Å². The van der Waals surface area contributed by atoms with Crippen LogP contribution in [0, 0.1) is 3.57 Å². The Balaban J connectivity index is 2.75. The highest BCUT2D eigenvalue weighted by molar-refractivity contribution is 14.1. The zero-order valence-electron chi connectivity index (χ0n) is 5.51. The highest BCUT2D eigenvalue weighted by atomic mass is 127. The van der Waals surface area contributed by atoms with Gasteiger partial charge in [0, 0.05) is 3.57 Å². The summed E-state index contributed by atoms with van der Waals surface area (Å²) < 4.78 is 1.20. The number of hydrogen-bond acceptors (Lipinski definition) is 0. The minimum atomic E-state index is -0.0138. The molecule has 53 valence electrons. The fraction of sp³-hybridized carbons (Fsp3) is 0.250. The molecular weight excluding hydrogens is 239 g/mol. The average molecular weight is 247 g/mol. The molecule has 0 heterocycles. The van der Waals surface area contributed by atoms with Crippen molar-refractivity contribution in [3.8, 4) is 0 Å². The van der Waals surface area contributed by atoms with Crippen molar-refractivity contribution in [2.24, 2.45) is 0 Å². The minimum absolute atomic E-state index is 0.0138. The molecule has 1 aromatic rings. The van der Waals surface area contributed by atoms with Gasteiger partial charge in [-0.2, -0.15) is 0 Å². The Morgan fingerprint density at radius 1 is 1.40 bits per heavy atom. The van der Waals surface area contributed by atoms with Gasteiger partial charge in [0.05, 0.1) is 6.61 Å². The number of halogens is 1. The van der Waals surface area contributed by atoms with E-state index in [2.05, 4.69) is 22.6 Å². The Morgan fingerprint density at radius 3 is 2.80 bits per heavy atom. The predicted molar refractivity (Wildman–Crippen MR) is 48.4 cm³/mol. The van der Waals surface area contributed by atoms with E-state index in [1.54, 1.807) is 0 Å².